The number of carboxylic acid groups (broad SMARTS) is 1. The van der Waals surface area contributed by atoms with Crippen molar-refractivity contribution in [1.82, 2.24) is 10.0 Å². The molecule has 0 saturated carbocycles. The third-order valence-electron chi connectivity index (χ3n) is 3.02. The molecule has 6 nitrogen and oxygen atoms in total. The summed E-state index contributed by atoms with van der Waals surface area (Å²) in [5, 5.41) is 11.8. The summed E-state index contributed by atoms with van der Waals surface area (Å²) in [6, 6.07) is 4.14. The smallest absolute Gasteiger partial charge is 0.321 e. The van der Waals surface area contributed by atoms with Crippen LogP contribution in [0.2, 0.25) is 0 Å². The molecule has 19 heavy (non-hydrogen) atoms. The van der Waals surface area contributed by atoms with E-state index in [1.165, 1.54) is 13.1 Å². The van der Waals surface area contributed by atoms with E-state index < -0.39 is 22.0 Å². The lowest BCUT2D eigenvalue weighted by molar-refractivity contribution is -0.139. The molecule has 2 rings (SSSR count). The minimum atomic E-state index is -3.46. The number of hydrogen-bond acceptors (Lipinski definition) is 4. The van der Waals surface area contributed by atoms with Crippen molar-refractivity contribution >= 4 is 28.4 Å². The molecule has 0 amide bonds. The number of rotatable bonds is 3. The molecule has 3 N–H and O–H groups in total. The summed E-state index contributed by atoms with van der Waals surface area (Å²) in [6.45, 7) is 0.360. The van der Waals surface area contributed by atoms with Crippen LogP contribution in [-0.2, 0) is 27.8 Å². The van der Waals surface area contributed by atoms with E-state index in [-0.39, 0.29) is 17.3 Å². The highest BCUT2D eigenvalue weighted by Gasteiger charge is 2.24. The highest BCUT2D eigenvalue weighted by Crippen LogP contribution is 2.20. The van der Waals surface area contributed by atoms with Gasteiger partial charge in [0, 0.05) is 6.54 Å². The first kappa shape index (κ1) is 15.9. The van der Waals surface area contributed by atoms with Gasteiger partial charge < -0.3 is 10.4 Å². The number of sulfonamides is 1. The first-order valence-corrected chi connectivity index (χ1v) is 6.94. The van der Waals surface area contributed by atoms with Gasteiger partial charge in [0.15, 0.2) is 0 Å². The third-order valence-corrected chi connectivity index (χ3v) is 4.43. The van der Waals surface area contributed by atoms with Crippen LogP contribution in [0.5, 0.6) is 0 Å². The van der Waals surface area contributed by atoms with Crippen molar-refractivity contribution in [3.8, 4) is 0 Å². The third kappa shape index (κ3) is 3.24. The lowest BCUT2D eigenvalue weighted by Gasteiger charge is -2.23. The molecule has 1 aromatic carbocycles. The SMILES string of the molecule is CNS(=O)(=O)c1ccc2c(c1)CN[C@H](C(=O)O)C2.Cl. The fourth-order valence-electron chi connectivity index (χ4n) is 1.95. The van der Waals surface area contributed by atoms with Crippen molar-refractivity contribution in [2.45, 2.75) is 23.9 Å². The highest BCUT2D eigenvalue weighted by molar-refractivity contribution is 7.89. The van der Waals surface area contributed by atoms with Crippen LogP contribution >= 0.6 is 12.4 Å². The molecule has 1 atom stereocenters. The van der Waals surface area contributed by atoms with Gasteiger partial charge in [0.2, 0.25) is 10.0 Å². The molecular formula is C11H15ClN2O4S. The zero-order valence-electron chi connectivity index (χ0n) is 10.2. The topological polar surface area (TPSA) is 95.5 Å². The van der Waals surface area contributed by atoms with Crippen LogP contribution in [0.3, 0.4) is 0 Å². The lowest BCUT2D eigenvalue weighted by atomic mass is 9.96. The van der Waals surface area contributed by atoms with Gasteiger partial charge in [-0.1, -0.05) is 6.07 Å². The molecule has 0 aromatic heterocycles. The van der Waals surface area contributed by atoms with E-state index in [2.05, 4.69) is 10.0 Å². The Labute approximate surface area is 117 Å². The number of fused-ring (bicyclic) bond motifs is 1. The summed E-state index contributed by atoms with van der Waals surface area (Å²) < 4.78 is 25.5. The molecular weight excluding hydrogens is 292 g/mol. The predicted octanol–water partition coefficient (Wildman–Crippen LogP) is 0.115. The molecule has 0 spiro atoms. The minimum absolute atomic E-state index is 0. The number of aliphatic carboxylic acids is 1. The van der Waals surface area contributed by atoms with Gasteiger partial charge in [-0.15, -0.1) is 12.4 Å². The number of carbonyl (C=O) groups is 1. The van der Waals surface area contributed by atoms with Crippen molar-refractivity contribution in [3.63, 3.8) is 0 Å². The fraction of sp³-hybridized carbons (Fsp3) is 0.364. The van der Waals surface area contributed by atoms with E-state index in [4.69, 9.17) is 5.11 Å². The molecule has 106 valence electrons. The number of nitrogens with one attached hydrogen (secondary N) is 2. The Hall–Kier alpha value is -1.15. The molecule has 1 heterocycles. The average molecular weight is 307 g/mol. The van der Waals surface area contributed by atoms with Gasteiger partial charge in [0.25, 0.3) is 0 Å². The first-order valence-electron chi connectivity index (χ1n) is 5.45. The van der Waals surface area contributed by atoms with E-state index in [9.17, 15) is 13.2 Å². The zero-order valence-corrected chi connectivity index (χ0v) is 11.8. The van der Waals surface area contributed by atoms with Gasteiger partial charge in [0.1, 0.15) is 6.04 Å². The van der Waals surface area contributed by atoms with Crippen LogP contribution in [0.15, 0.2) is 23.1 Å². The molecule has 0 unspecified atom stereocenters. The van der Waals surface area contributed by atoms with Crippen LogP contribution in [-0.4, -0.2) is 32.6 Å². The maximum absolute atomic E-state index is 11.6. The summed E-state index contributed by atoms with van der Waals surface area (Å²) >= 11 is 0. The summed E-state index contributed by atoms with van der Waals surface area (Å²) in [5.41, 5.74) is 1.69. The van der Waals surface area contributed by atoms with Crippen LogP contribution in [0, 0.1) is 0 Å². The number of benzene rings is 1. The quantitative estimate of drug-likeness (QED) is 0.737. The Morgan fingerprint density at radius 1 is 1.42 bits per heavy atom. The molecule has 0 aliphatic carbocycles. The van der Waals surface area contributed by atoms with Gasteiger partial charge in [-0.3, -0.25) is 4.79 Å². The number of carboxylic acids is 1. The first-order chi connectivity index (χ1) is 8.44. The monoisotopic (exact) mass is 306 g/mol. The average Bonchev–Trinajstić information content (AvgIpc) is 2.37. The van der Waals surface area contributed by atoms with E-state index >= 15 is 0 Å². The van der Waals surface area contributed by atoms with E-state index in [0.29, 0.717) is 13.0 Å². The van der Waals surface area contributed by atoms with Crippen LogP contribution in [0.1, 0.15) is 11.1 Å². The Morgan fingerprint density at radius 2 is 2.11 bits per heavy atom. The van der Waals surface area contributed by atoms with Crippen LogP contribution in [0.25, 0.3) is 0 Å². The van der Waals surface area contributed by atoms with Gasteiger partial charge in [-0.25, -0.2) is 13.1 Å². The maximum atomic E-state index is 11.6. The molecule has 1 aliphatic heterocycles. The molecule has 0 fully saturated rings. The van der Waals surface area contributed by atoms with Gasteiger partial charge in [-0.2, -0.15) is 0 Å². The fourth-order valence-corrected chi connectivity index (χ4v) is 2.73. The molecule has 1 aromatic rings. The number of halogens is 1. The van der Waals surface area contributed by atoms with Crippen molar-refractivity contribution < 1.29 is 18.3 Å². The lowest BCUT2D eigenvalue weighted by Crippen LogP contribution is -2.41. The van der Waals surface area contributed by atoms with Gasteiger partial charge >= 0.3 is 5.97 Å². The minimum Gasteiger partial charge on any atom is -0.480 e. The molecule has 0 bridgehead atoms. The largest absolute Gasteiger partial charge is 0.480 e. The van der Waals surface area contributed by atoms with Crippen molar-refractivity contribution in [2.75, 3.05) is 7.05 Å². The van der Waals surface area contributed by atoms with Crippen molar-refractivity contribution in [2.24, 2.45) is 0 Å². The van der Waals surface area contributed by atoms with Gasteiger partial charge in [0.05, 0.1) is 4.90 Å². The van der Waals surface area contributed by atoms with E-state index in [1.807, 2.05) is 0 Å². The van der Waals surface area contributed by atoms with Gasteiger partial charge in [-0.05, 0) is 36.7 Å². The molecule has 0 radical (unpaired) electrons. The standard InChI is InChI=1S/C11H14N2O4S.ClH/c1-12-18(16,17)9-3-2-7-5-10(11(14)15)13-6-8(7)4-9;/h2-4,10,12-13H,5-6H2,1H3,(H,14,15);1H/t10-;/m0./s1. The predicted molar refractivity (Wildman–Crippen MR) is 71.9 cm³/mol. The Balaban J connectivity index is 0.00000180. The van der Waals surface area contributed by atoms with Crippen molar-refractivity contribution in [1.29, 1.82) is 0 Å². The Kier molecular flexibility index (Phi) is 4.92. The second-order valence-electron chi connectivity index (χ2n) is 4.11. The summed E-state index contributed by atoms with van der Waals surface area (Å²) in [6.07, 6.45) is 0.366. The summed E-state index contributed by atoms with van der Waals surface area (Å²) in [5.74, 6) is -0.896. The number of hydrogen-bond donors (Lipinski definition) is 3. The van der Waals surface area contributed by atoms with Crippen LogP contribution < -0.4 is 10.0 Å². The Morgan fingerprint density at radius 3 is 2.68 bits per heavy atom. The summed E-state index contributed by atoms with van der Waals surface area (Å²) in [4.78, 5) is 11.1. The van der Waals surface area contributed by atoms with E-state index in [0.717, 1.165) is 11.1 Å². The van der Waals surface area contributed by atoms with Crippen LogP contribution in [0.4, 0.5) is 0 Å². The normalized spacial score (nSPS) is 18.3. The molecule has 0 saturated heterocycles. The second kappa shape index (κ2) is 5.87. The maximum Gasteiger partial charge on any atom is 0.321 e. The zero-order chi connectivity index (χ0) is 13.3. The van der Waals surface area contributed by atoms with E-state index in [1.54, 1.807) is 12.1 Å². The Bertz CT molecular complexity index is 588. The molecule has 1 aliphatic rings. The van der Waals surface area contributed by atoms with Crippen molar-refractivity contribution in [3.05, 3.63) is 29.3 Å². The molecule has 8 heteroatoms. The second-order valence-corrected chi connectivity index (χ2v) is 6.00. The summed E-state index contributed by atoms with van der Waals surface area (Å²) in [7, 11) is -2.10. The highest BCUT2D eigenvalue weighted by atomic mass is 35.5.